The van der Waals surface area contributed by atoms with Gasteiger partial charge in [-0.05, 0) is 30.6 Å². The lowest BCUT2D eigenvalue weighted by atomic mass is 9.87. The van der Waals surface area contributed by atoms with E-state index in [4.69, 9.17) is 5.11 Å². The first-order chi connectivity index (χ1) is 8.20. The first-order valence-corrected chi connectivity index (χ1v) is 6.50. The number of nitrogens with one attached hydrogen (secondary N) is 2. The number of aliphatic carboxylic acids is 1. The second kappa shape index (κ2) is 5.59. The minimum absolute atomic E-state index is 0.175. The van der Waals surface area contributed by atoms with Gasteiger partial charge in [0.2, 0.25) is 0 Å². The van der Waals surface area contributed by atoms with Gasteiger partial charge in [-0.1, -0.05) is 27.7 Å². The Hall–Kier alpha value is -1.26. The quantitative estimate of drug-likeness (QED) is 0.722. The van der Waals surface area contributed by atoms with Crippen molar-refractivity contribution in [2.75, 3.05) is 0 Å². The highest BCUT2D eigenvalue weighted by Gasteiger charge is 2.33. The summed E-state index contributed by atoms with van der Waals surface area (Å²) in [6, 6.07) is -1.08. The van der Waals surface area contributed by atoms with Gasteiger partial charge in [0, 0.05) is 6.04 Å². The van der Waals surface area contributed by atoms with Crippen LogP contribution < -0.4 is 10.6 Å². The maximum absolute atomic E-state index is 11.8. The normalized spacial score (nSPS) is 25.6. The van der Waals surface area contributed by atoms with Gasteiger partial charge < -0.3 is 15.7 Å². The van der Waals surface area contributed by atoms with Crippen molar-refractivity contribution in [3.63, 3.8) is 0 Å². The van der Waals surface area contributed by atoms with Crippen molar-refractivity contribution in [2.24, 2.45) is 11.3 Å². The maximum atomic E-state index is 11.8. The molecule has 1 saturated carbocycles. The molecule has 0 spiro atoms. The molecule has 0 aromatic carbocycles. The summed E-state index contributed by atoms with van der Waals surface area (Å²) >= 11 is 0. The van der Waals surface area contributed by atoms with E-state index in [1.165, 1.54) is 0 Å². The third kappa shape index (κ3) is 4.20. The summed E-state index contributed by atoms with van der Waals surface area (Å²) in [6.45, 7) is 7.55. The van der Waals surface area contributed by atoms with Crippen LogP contribution in [0.15, 0.2) is 0 Å². The fourth-order valence-corrected chi connectivity index (χ4v) is 2.35. The standard InChI is InChI=1S/C13H24N2O3/c1-8-5-6-9(7-8)14-12(18)15-10(11(16)17)13(2,3)4/h8-10H,5-7H2,1-4H3,(H,16,17)(H2,14,15,18)/t8-,9?,10+/m0/s1. The van der Waals surface area contributed by atoms with Crippen LogP contribution in [0.5, 0.6) is 0 Å². The summed E-state index contributed by atoms with van der Waals surface area (Å²) in [5.41, 5.74) is -0.508. The van der Waals surface area contributed by atoms with Crippen molar-refractivity contribution in [1.82, 2.24) is 10.6 Å². The summed E-state index contributed by atoms with van der Waals surface area (Å²) < 4.78 is 0. The highest BCUT2D eigenvalue weighted by atomic mass is 16.4. The molecule has 1 aliphatic carbocycles. The van der Waals surface area contributed by atoms with E-state index < -0.39 is 17.4 Å². The fourth-order valence-electron chi connectivity index (χ4n) is 2.35. The average Bonchev–Trinajstić information content (AvgIpc) is 2.58. The van der Waals surface area contributed by atoms with E-state index in [9.17, 15) is 9.59 Å². The van der Waals surface area contributed by atoms with Crippen LogP contribution in [0.2, 0.25) is 0 Å². The molecule has 0 heterocycles. The van der Waals surface area contributed by atoms with E-state index in [1.807, 2.05) is 0 Å². The Morgan fingerprint density at radius 2 is 1.89 bits per heavy atom. The van der Waals surface area contributed by atoms with Crippen LogP contribution in [0.25, 0.3) is 0 Å². The predicted octanol–water partition coefficient (Wildman–Crippen LogP) is 1.97. The number of carboxylic acids is 1. The zero-order valence-corrected chi connectivity index (χ0v) is 11.6. The van der Waals surface area contributed by atoms with Crippen molar-refractivity contribution in [3.8, 4) is 0 Å². The van der Waals surface area contributed by atoms with Crippen molar-refractivity contribution in [3.05, 3.63) is 0 Å². The van der Waals surface area contributed by atoms with Gasteiger partial charge in [-0.2, -0.15) is 0 Å². The Kier molecular flexibility index (Phi) is 4.59. The number of amides is 2. The molecule has 1 rings (SSSR count). The molecule has 0 bridgehead atoms. The molecule has 5 nitrogen and oxygen atoms in total. The van der Waals surface area contributed by atoms with Gasteiger partial charge in [0.1, 0.15) is 6.04 Å². The van der Waals surface area contributed by atoms with E-state index in [1.54, 1.807) is 20.8 Å². The SMILES string of the molecule is C[C@H]1CCC(NC(=O)N[C@H](C(=O)O)C(C)(C)C)C1. The largest absolute Gasteiger partial charge is 0.480 e. The average molecular weight is 256 g/mol. The highest BCUT2D eigenvalue weighted by Crippen LogP contribution is 2.24. The Morgan fingerprint density at radius 1 is 1.28 bits per heavy atom. The van der Waals surface area contributed by atoms with Crippen molar-refractivity contribution >= 4 is 12.0 Å². The fraction of sp³-hybridized carbons (Fsp3) is 0.846. The summed E-state index contributed by atoms with van der Waals surface area (Å²) in [4.78, 5) is 22.9. The molecular weight excluding hydrogens is 232 g/mol. The molecule has 0 saturated heterocycles. The third-order valence-electron chi connectivity index (χ3n) is 3.42. The van der Waals surface area contributed by atoms with Crippen LogP contribution in [0.3, 0.4) is 0 Å². The smallest absolute Gasteiger partial charge is 0.326 e. The van der Waals surface area contributed by atoms with Gasteiger partial charge in [-0.25, -0.2) is 9.59 Å². The number of hydrogen-bond acceptors (Lipinski definition) is 2. The Bertz CT molecular complexity index is 323. The van der Waals surface area contributed by atoms with E-state index in [0.29, 0.717) is 5.92 Å². The van der Waals surface area contributed by atoms with Crippen molar-refractivity contribution in [1.29, 1.82) is 0 Å². The van der Waals surface area contributed by atoms with E-state index in [-0.39, 0.29) is 12.1 Å². The number of rotatable bonds is 3. The molecular formula is C13H24N2O3. The third-order valence-corrected chi connectivity index (χ3v) is 3.42. The number of urea groups is 1. The van der Waals surface area contributed by atoms with Gasteiger partial charge in [0.25, 0.3) is 0 Å². The molecule has 0 aromatic rings. The van der Waals surface area contributed by atoms with Crippen LogP contribution in [0.4, 0.5) is 4.79 Å². The predicted molar refractivity (Wildman–Crippen MR) is 69.3 cm³/mol. The van der Waals surface area contributed by atoms with Crippen LogP contribution >= 0.6 is 0 Å². The van der Waals surface area contributed by atoms with Gasteiger partial charge in [-0.3, -0.25) is 0 Å². The molecule has 104 valence electrons. The van der Waals surface area contributed by atoms with Gasteiger partial charge in [0.05, 0.1) is 0 Å². The summed E-state index contributed by atoms with van der Waals surface area (Å²) in [6.07, 6.45) is 3.06. The Morgan fingerprint density at radius 3 is 2.28 bits per heavy atom. The molecule has 0 radical (unpaired) electrons. The molecule has 1 aliphatic rings. The van der Waals surface area contributed by atoms with Crippen LogP contribution in [-0.4, -0.2) is 29.2 Å². The first kappa shape index (κ1) is 14.8. The second-order valence-corrected chi connectivity index (χ2v) is 6.37. The molecule has 2 amide bonds. The van der Waals surface area contributed by atoms with Crippen LogP contribution in [0.1, 0.15) is 47.0 Å². The molecule has 3 atom stereocenters. The number of carboxylic acid groups (broad SMARTS) is 1. The molecule has 5 heteroatoms. The van der Waals surface area contributed by atoms with Gasteiger partial charge >= 0.3 is 12.0 Å². The van der Waals surface area contributed by atoms with Gasteiger partial charge in [0.15, 0.2) is 0 Å². The lowest BCUT2D eigenvalue weighted by Crippen LogP contribution is -2.53. The molecule has 0 aromatic heterocycles. The summed E-state index contributed by atoms with van der Waals surface area (Å²) in [7, 11) is 0. The zero-order valence-electron chi connectivity index (χ0n) is 11.6. The highest BCUT2D eigenvalue weighted by molar-refractivity contribution is 5.83. The lowest BCUT2D eigenvalue weighted by Gasteiger charge is -2.28. The van der Waals surface area contributed by atoms with Gasteiger partial charge in [-0.15, -0.1) is 0 Å². The maximum Gasteiger partial charge on any atom is 0.326 e. The summed E-state index contributed by atoms with van der Waals surface area (Å²) in [5, 5.41) is 14.5. The van der Waals surface area contributed by atoms with Crippen molar-refractivity contribution < 1.29 is 14.7 Å². The van der Waals surface area contributed by atoms with Crippen LogP contribution in [0, 0.1) is 11.3 Å². The number of carbonyl (C=O) groups excluding carboxylic acids is 1. The van der Waals surface area contributed by atoms with E-state index in [2.05, 4.69) is 17.6 Å². The molecule has 1 unspecified atom stereocenters. The van der Waals surface area contributed by atoms with E-state index in [0.717, 1.165) is 19.3 Å². The zero-order chi connectivity index (χ0) is 13.9. The monoisotopic (exact) mass is 256 g/mol. The Labute approximate surface area is 108 Å². The van der Waals surface area contributed by atoms with Crippen molar-refractivity contribution in [2.45, 2.75) is 59.0 Å². The second-order valence-electron chi connectivity index (χ2n) is 6.37. The Balaban J connectivity index is 2.49. The minimum atomic E-state index is -1.00. The molecule has 0 aliphatic heterocycles. The molecule has 1 fully saturated rings. The van der Waals surface area contributed by atoms with Crippen LogP contribution in [-0.2, 0) is 4.79 Å². The van der Waals surface area contributed by atoms with E-state index >= 15 is 0 Å². The topological polar surface area (TPSA) is 78.4 Å². The minimum Gasteiger partial charge on any atom is -0.480 e. The number of hydrogen-bond donors (Lipinski definition) is 3. The number of carbonyl (C=O) groups is 2. The molecule has 18 heavy (non-hydrogen) atoms. The summed E-state index contributed by atoms with van der Waals surface area (Å²) in [5.74, 6) is -0.370. The first-order valence-electron chi connectivity index (χ1n) is 6.50. The lowest BCUT2D eigenvalue weighted by molar-refractivity contribution is -0.141. The molecule has 3 N–H and O–H groups in total.